The highest BCUT2D eigenvalue weighted by Gasteiger charge is 2.20. The summed E-state index contributed by atoms with van der Waals surface area (Å²) < 4.78 is 34.5. The van der Waals surface area contributed by atoms with Crippen LogP contribution < -0.4 is 20.5 Å². The number of carbonyl (C=O) groups excluding carboxylic acids is 2. The smallest absolute Gasteiger partial charge is 0.387 e. The van der Waals surface area contributed by atoms with E-state index in [9.17, 15) is 18.4 Å². The van der Waals surface area contributed by atoms with Crippen LogP contribution in [0.1, 0.15) is 19.4 Å². The summed E-state index contributed by atoms with van der Waals surface area (Å²) in [4.78, 5) is 23.2. The summed E-state index contributed by atoms with van der Waals surface area (Å²) in [6.45, 7) is 0.425. The van der Waals surface area contributed by atoms with Crippen LogP contribution in [0.2, 0.25) is 0 Å². The number of amides is 2. The van der Waals surface area contributed by atoms with Crippen molar-refractivity contribution in [3.05, 3.63) is 29.8 Å². The number of hydrogen-bond donors (Lipinski definition) is 2. The molecule has 132 valence electrons. The first-order chi connectivity index (χ1) is 11.3. The molecule has 1 aromatic rings. The lowest BCUT2D eigenvalue weighted by Gasteiger charge is -2.17. The van der Waals surface area contributed by atoms with Crippen molar-refractivity contribution in [1.82, 2.24) is 5.32 Å². The molecule has 1 aromatic carbocycles. The van der Waals surface area contributed by atoms with Gasteiger partial charge in [0, 0.05) is 11.6 Å². The lowest BCUT2D eigenvalue weighted by molar-refractivity contribution is -0.126. The van der Waals surface area contributed by atoms with E-state index in [0.29, 0.717) is 0 Å². The van der Waals surface area contributed by atoms with E-state index >= 15 is 0 Å². The van der Waals surface area contributed by atoms with Crippen LogP contribution >= 0.6 is 0 Å². The van der Waals surface area contributed by atoms with Crippen molar-refractivity contribution in [2.75, 3.05) is 7.11 Å². The molecule has 6 nitrogen and oxygen atoms in total. The Morgan fingerprint density at radius 2 is 1.96 bits per heavy atom. The number of rotatable bonds is 8. The summed E-state index contributed by atoms with van der Waals surface area (Å²) >= 11 is 0. The van der Waals surface area contributed by atoms with E-state index in [-0.39, 0.29) is 23.0 Å². The van der Waals surface area contributed by atoms with E-state index in [4.69, 9.17) is 10.5 Å². The molecule has 0 heterocycles. The molecule has 0 spiro atoms. The molecule has 0 fully saturated rings. The molecule has 0 radical (unpaired) electrons. The van der Waals surface area contributed by atoms with E-state index in [2.05, 4.69) is 10.1 Å². The highest BCUT2D eigenvalue weighted by atomic mass is 19.3. The molecule has 0 aliphatic carbocycles. The Kier molecular flexibility index (Phi) is 7.16. The lowest BCUT2D eigenvalue weighted by Crippen LogP contribution is -2.47. The van der Waals surface area contributed by atoms with Crippen LogP contribution in [-0.4, -0.2) is 31.6 Å². The lowest BCUT2D eigenvalue weighted by atomic mass is 10.0. The minimum atomic E-state index is -3.04. The quantitative estimate of drug-likeness (QED) is 0.706. The number of halogens is 2. The Bertz CT molecular complexity index is 618. The maximum absolute atomic E-state index is 12.5. The Hall–Kier alpha value is -2.64. The second kappa shape index (κ2) is 8.85. The summed E-state index contributed by atoms with van der Waals surface area (Å²) in [5, 5.41) is 2.45. The number of nitrogens with two attached hydrogens (primary N) is 1. The van der Waals surface area contributed by atoms with Crippen LogP contribution in [0.5, 0.6) is 11.5 Å². The molecule has 0 unspecified atom stereocenters. The topological polar surface area (TPSA) is 90.6 Å². The van der Waals surface area contributed by atoms with E-state index < -0.39 is 24.5 Å². The first-order valence-electron chi connectivity index (χ1n) is 7.16. The SMILES string of the molecule is COc1cccc(/C=C\C(=O)N[C@@H](C(N)=O)C(C)C)c1OC(F)F. The summed E-state index contributed by atoms with van der Waals surface area (Å²) in [5.74, 6) is -1.51. The molecule has 1 rings (SSSR count). The Labute approximate surface area is 138 Å². The standard InChI is InChI=1S/C16H20F2N2O4/c1-9(2)13(15(19)22)20-12(21)8-7-10-5-4-6-11(23-3)14(10)24-16(17)18/h4-9,13,16H,1-3H3,(H2,19,22)(H,20,21)/b8-7-/t13-/m1/s1. The van der Waals surface area contributed by atoms with Crippen molar-refractivity contribution in [1.29, 1.82) is 0 Å². The van der Waals surface area contributed by atoms with E-state index in [1.165, 1.54) is 25.3 Å². The van der Waals surface area contributed by atoms with Gasteiger partial charge in [-0.15, -0.1) is 0 Å². The van der Waals surface area contributed by atoms with E-state index in [0.717, 1.165) is 6.08 Å². The molecule has 24 heavy (non-hydrogen) atoms. The maximum Gasteiger partial charge on any atom is 0.387 e. The zero-order valence-corrected chi connectivity index (χ0v) is 13.6. The molecule has 8 heteroatoms. The molecular weight excluding hydrogens is 322 g/mol. The largest absolute Gasteiger partial charge is 0.493 e. The third-order valence-corrected chi connectivity index (χ3v) is 3.12. The van der Waals surface area contributed by atoms with Gasteiger partial charge in [0.05, 0.1) is 7.11 Å². The van der Waals surface area contributed by atoms with Gasteiger partial charge in [0.15, 0.2) is 11.5 Å². The van der Waals surface area contributed by atoms with Gasteiger partial charge >= 0.3 is 6.61 Å². The van der Waals surface area contributed by atoms with Crippen LogP contribution in [-0.2, 0) is 9.59 Å². The van der Waals surface area contributed by atoms with E-state index in [1.54, 1.807) is 19.9 Å². The van der Waals surface area contributed by atoms with Gasteiger partial charge in [-0.2, -0.15) is 8.78 Å². The molecule has 0 aromatic heterocycles. The number of nitrogens with one attached hydrogen (secondary N) is 1. The second-order valence-corrected chi connectivity index (χ2v) is 5.22. The fraction of sp³-hybridized carbons (Fsp3) is 0.375. The first kappa shape index (κ1) is 19.4. The predicted octanol–water partition coefficient (Wildman–Crippen LogP) is 1.94. The number of methoxy groups -OCH3 is 1. The van der Waals surface area contributed by atoms with Crippen LogP contribution in [0.25, 0.3) is 6.08 Å². The van der Waals surface area contributed by atoms with Gasteiger partial charge in [-0.05, 0) is 18.1 Å². The molecule has 0 aliphatic heterocycles. The monoisotopic (exact) mass is 342 g/mol. The van der Waals surface area contributed by atoms with E-state index in [1.807, 2.05) is 0 Å². The van der Waals surface area contributed by atoms with Gasteiger partial charge < -0.3 is 20.5 Å². The predicted molar refractivity (Wildman–Crippen MR) is 84.6 cm³/mol. The average molecular weight is 342 g/mol. The van der Waals surface area contributed by atoms with Crippen molar-refractivity contribution < 1.29 is 27.8 Å². The summed E-state index contributed by atoms with van der Waals surface area (Å²) in [5.41, 5.74) is 5.44. The van der Waals surface area contributed by atoms with Crippen molar-refractivity contribution in [3.63, 3.8) is 0 Å². The zero-order chi connectivity index (χ0) is 18.3. The summed E-state index contributed by atoms with van der Waals surface area (Å²) in [6.07, 6.45) is 2.39. The number of para-hydroxylation sites is 1. The number of alkyl halides is 2. The molecule has 3 N–H and O–H groups in total. The Balaban J connectivity index is 2.97. The van der Waals surface area contributed by atoms with Gasteiger partial charge in [0.25, 0.3) is 0 Å². The minimum absolute atomic E-state index is 0.107. The number of ether oxygens (including phenoxy) is 2. The van der Waals surface area contributed by atoms with Gasteiger partial charge in [0.1, 0.15) is 6.04 Å². The van der Waals surface area contributed by atoms with Crippen LogP contribution in [0.3, 0.4) is 0 Å². The van der Waals surface area contributed by atoms with Crippen molar-refractivity contribution in [2.24, 2.45) is 11.7 Å². The number of benzene rings is 1. The molecule has 0 saturated carbocycles. The average Bonchev–Trinajstić information content (AvgIpc) is 2.50. The molecule has 2 amide bonds. The fourth-order valence-electron chi connectivity index (χ4n) is 1.97. The molecule has 0 aliphatic rings. The molecule has 0 saturated heterocycles. The van der Waals surface area contributed by atoms with Crippen molar-refractivity contribution in [3.8, 4) is 11.5 Å². The van der Waals surface area contributed by atoms with Gasteiger partial charge in [-0.25, -0.2) is 0 Å². The minimum Gasteiger partial charge on any atom is -0.493 e. The Morgan fingerprint density at radius 3 is 2.46 bits per heavy atom. The summed E-state index contributed by atoms with van der Waals surface area (Å²) in [7, 11) is 1.31. The second-order valence-electron chi connectivity index (χ2n) is 5.22. The Morgan fingerprint density at radius 1 is 1.29 bits per heavy atom. The zero-order valence-electron chi connectivity index (χ0n) is 13.6. The first-order valence-corrected chi connectivity index (χ1v) is 7.16. The molecule has 1 atom stereocenters. The van der Waals surface area contributed by atoms with Crippen LogP contribution in [0, 0.1) is 5.92 Å². The maximum atomic E-state index is 12.5. The molecule has 0 bridgehead atoms. The highest BCUT2D eigenvalue weighted by molar-refractivity contribution is 5.95. The van der Waals surface area contributed by atoms with Crippen molar-refractivity contribution in [2.45, 2.75) is 26.5 Å². The number of primary amides is 1. The van der Waals surface area contributed by atoms with Gasteiger partial charge in [-0.3, -0.25) is 9.59 Å². The van der Waals surface area contributed by atoms with Crippen LogP contribution in [0.15, 0.2) is 24.3 Å². The molecular formula is C16H20F2N2O4. The van der Waals surface area contributed by atoms with Gasteiger partial charge in [0.2, 0.25) is 11.8 Å². The van der Waals surface area contributed by atoms with Crippen LogP contribution in [0.4, 0.5) is 8.78 Å². The number of carbonyl (C=O) groups is 2. The highest BCUT2D eigenvalue weighted by Crippen LogP contribution is 2.33. The summed E-state index contributed by atoms with van der Waals surface area (Å²) in [6, 6.07) is 3.67. The van der Waals surface area contributed by atoms with Gasteiger partial charge in [-0.1, -0.05) is 26.0 Å². The normalized spacial score (nSPS) is 12.5. The fourth-order valence-corrected chi connectivity index (χ4v) is 1.97. The number of hydrogen-bond acceptors (Lipinski definition) is 4. The third kappa shape index (κ3) is 5.53. The third-order valence-electron chi connectivity index (χ3n) is 3.12. The van der Waals surface area contributed by atoms with Crippen molar-refractivity contribution >= 4 is 17.9 Å².